The Morgan fingerprint density at radius 3 is 2.65 bits per heavy atom. The van der Waals surface area contributed by atoms with Gasteiger partial charge < -0.3 is 10.1 Å². The van der Waals surface area contributed by atoms with Gasteiger partial charge in [-0.05, 0) is 24.1 Å². The SMILES string of the molecule is Cc1ccc(CNC(=O)CCOCC(F)(F)F)cc1F. The standard InChI is InChI=1S/C13H15F4NO2/c1-9-2-3-10(6-11(9)14)7-18-12(19)4-5-20-8-13(15,16)17/h2-3,6H,4-5,7-8H2,1H3,(H,18,19). The molecule has 0 aliphatic carbocycles. The summed E-state index contributed by atoms with van der Waals surface area (Å²) in [7, 11) is 0. The second kappa shape index (κ2) is 7.23. The number of alkyl halides is 3. The molecule has 0 saturated heterocycles. The monoisotopic (exact) mass is 293 g/mol. The van der Waals surface area contributed by atoms with Crippen LogP contribution in [0.5, 0.6) is 0 Å². The average molecular weight is 293 g/mol. The normalized spacial score (nSPS) is 11.4. The van der Waals surface area contributed by atoms with E-state index in [2.05, 4.69) is 10.1 Å². The summed E-state index contributed by atoms with van der Waals surface area (Å²) in [5.74, 6) is -0.821. The Kier molecular flexibility index (Phi) is 5.94. The third-order valence-corrected chi connectivity index (χ3v) is 2.47. The summed E-state index contributed by atoms with van der Waals surface area (Å²) in [5, 5.41) is 2.48. The molecule has 0 spiro atoms. The highest BCUT2D eigenvalue weighted by Gasteiger charge is 2.27. The molecule has 0 bridgehead atoms. The Labute approximate surface area is 113 Å². The number of hydrogen-bond acceptors (Lipinski definition) is 2. The summed E-state index contributed by atoms with van der Waals surface area (Å²) < 4.78 is 52.8. The number of halogens is 4. The van der Waals surface area contributed by atoms with Crippen molar-refractivity contribution in [3.8, 4) is 0 Å². The highest BCUT2D eigenvalue weighted by molar-refractivity contribution is 5.75. The number of benzene rings is 1. The van der Waals surface area contributed by atoms with Crippen LogP contribution >= 0.6 is 0 Å². The summed E-state index contributed by atoms with van der Waals surface area (Å²) in [6, 6.07) is 4.55. The third kappa shape index (κ3) is 6.51. The molecule has 3 nitrogen and oxygen atoms in total. The molecule has 0 radical (unpaired) electrons. The largest absolute Gasteiger partial charge is 0.411 e. The molecule has 1 N–H and O–H groups in total. The molecular formula is C13H15F4NO2. The van der Waals surface area contributed by atoms with Gasteiger partial charge in [0.1, 0.15) is 12.4 Å². The number of amides is 1. The molecule has 1 aromatic carbocycles. The molecule has 0 saturated carbocycles. The zero-order valence-electron chi connectivity index (χ0n) is 10.9. The Bertz CT molecular complexity index is 460. The fourth-order valence-corrected chi connectivity index (χ4v) is 1.39. The predicted molar refractivity (Wildman–Crippen MR) is 64.5 cm³/mol. The zero-order chi connectivity index (χ0) is 15.2. The van der Waals surface area contributed by atoms with E-state index < -0.39 is 18.7 Å². The highest BCUT2D eigenvalue weighted by atomic mass is 19.4. The first kappa shape index (κ1) is 16.4. The van der Waals surface area contributed by atoms with E-state index >= 15 is 0 Å². The van der Waals surface area contributed by atoms with E-state index in [-0.39, 0.29) is 25.4 Å². The van der Waals surface area contributed by atoms with Crippen molar-refractivity contribution in [2.75, 3.05) is 13.2 Å². The van der Waals surface area contributed by atoms with Gasteiger partial charge in [-0.15, -0.1) is 0 Å². The lowest BCUT2D eigenvalue weighted by molar-refractivity contribution is -0.174. The van der Waals surface area contributed by atoms with Crippen LogP contribution in [0.25, 0.3) is 0 Å². The maximum atomic E-state index is 13.2. The van der Waals surface area contributed by atoms with Crippen molar-refractivity contribution in [1.82, 2.24) is 5.32 Å². The number of ether oxygens (including phenoxy) is 1. The van der Waals surface area contributed by atoms with Crippen LogP contribution in [0.15, 0.2) is 18.2 Å². The lowest BCUT2D eigenvalue weighted by atomic mass is 10.1. The summed E-state index contributed by atoms with van der Waals surface area (Å²) in [4.78, 5) is 11.3. The van der Waals surface area contributed by atoms with Crippen LogP contribution in [-0.4, -0.2) is 25.3 Å². The van der Waals surface area contributed by atoms with Crippen molar-refractivity contribution in [2.24, 2.45) is 0 Å². The molecule has 20 heavy (non-hydrogen) atoms. The molecule has 0 aromatic heterocycles. The minimum absolute atomic E-state index is 0.120. The Hall–Kier alpha value is -1.63. The van der Waals surface area contributed by atoms with Crippen LogP contribution in [0.2, 0.25) is 0 Å². The van der Waals surface area contributed by atoms with Crippen LogP contribution in [-0.2, 0) is 16.1 Å². The van der Waals surface area contributed by atoms with Gasteiger partial charge >= 0.3 is 6.18 Å². The minimum atomic E-state index is -4.39. The molecule has 7 heteroatoms. The summed E-state index contributed by atoms with van der Waals surface area (Å²) in [5.41, 5.74) is 1.08. The summed E-state index contributed by atoms with van der Waals surface area (Å²) in [6.07, 6.45) is -4.57. The fourth-order valence-electron chi connectivity index (χ4n) is 1.39. The van der Waals surface area contributed by atoms with Gasteiger partial charge in [0.25, 0.3) is 0 Å². The highest BCUT2D eigenvalue weighted by Crippen LogP contribution is 2.14. The van der Waals surface area contributed by atoms with Crippen molar-refractivity contribution in [1.29, 1.82) is 0 Å². The number of nitrogens with one attached hydrogen (secondary N) is 1. The van der Waals surface area contributed by atoms with E-state index in [0.717, 1.165) is 0 Å². The molecule has 1 rings (SSSR count). The van der Waals surface area contributed by atoms with Gasteiger partial charge in [0.05, 0.1) is 6.61 Å². The van der Waals surface area contributed by atoms with Gasteiger partial charge in [0.2, 0.25) is 5.91 Å². The third-order valence-electron chi connectivity index (χ3n) is 2.47. The molecule has 0 fully saturated rings. The van der Waals surface area contributed by atoms with Crippen LogP contribution in [0.1, 0.15) is 17.5 Å². The first-order valence-electron chi connectivity index (χ1n) is 5.94. The van der Waals surface area contributed by atoms with Gasteiger partial charge in [-0.1, -0.05) is 12.1 Å². The number of rotatable bonds is 6. The first-order valence-corrected chi connectivity index (χ1v) is 5.94. The van der Waals surface area contributed by atoms with E-state index in [1.165, 1.54) is 6.07 Å². The van der Waals surface area contributed by atoms with Crippen molar-refractivity contribution < 1.29 is 27.1 Å². The second-order valence-electron chi connectivity index (χ2n) is 4.28. The maximum absolute atomic E-state index is 13.2. The molecular weight excluding hydrogens is 278 g/mol. The Morgan fingerprint density at radius 2 is 2.05 bits per heavy atom. The van der Waals surface area contributed by atoms with Crippen LogP contribution in [0, 0.1) is 12.7 Å². The molecule has 0 unspecified atom stereocenters. The molecule has 0 heterocycles. The van der Waals surface area contributed by atoms with Gasteiger partial charge in [-0.2, -0.15) is 13.2 Å². The number of aryl methyl sites for hydroxylation is 1. The number of carbonyl (C=O) groups is 1. The van der Waals surface area contributed by atoms with Crippen molar-refractivity contribution in [3.63, 3.8) is 0 Å². The molecule has 0 aliphatic heterocycles. The second-order valence-corrected chi connectivity index (χ2v) is 4.28. The van der Waals surface area contributed by atoms with Crippen LogP contribution in [0.4, 0.5) is 17.6 Å². The molecule has 1 amide bonds. The van der Waals surface area contributed by atoms with Crippen molar-refractivity contribution in [2.45, 2.75) is 26.1 Å². The summed E-state index contributed by atoms with van der Waals surface area (Å²) in [6.45, 7) is 0.0576. The lowest BCUT2D eigenvalue weighted by Gasteiger charge is -2.08. The van der Waals surface area contributed by atoms with Crippen molar-refractivity contribution in [3.05, 3.63) is 35.1 Å². The van der Waals surface area contributed by atoms with Gasteiger partial charge in [0, 0.05) is 13.0 Å². The average Bonchev–Trinajstić information content (AvgIpc) is 2.35. The zero-order valence-corrected chi connectivity index (χ0v) is 10.9. The fraction of sp³-hybridized carbons (Fsp3) is 0.462. The van der Waals surface area contributed by atoms with E-state index in [9.17, 15) is 22.4 Å². The minimum Gasteiger partial charge on any atom is -0.372 e. The molecule has 1 aromatic rings. The smallest absolute Gasteiger partial charge is 0.372 e. The summed E-state index contributed by atoms with van der Waals surface area (Å²) >= 11 is 0. The lowest BCUT2D eigenvalue weighted by Crippen LogP contribution is -2.25. The van der Waals surface area contributed by atoms with E-state index in [4.69, 9.17) is 0 Å². The number of carbonyl (C=O) groups excluding carboxylic acids is 1. The quantitative estimate of drug-likeness (QED) is 0.647. The van der Waals surface area contributed by atoms with E-state index in [1.807, 2.05) is 0 Å². The Balaban J connectivity index is 2.24. The molecule has 0 aliphatic rings. The predicted octanol–water partition coefficient (Wildman–Crippen LogP) is 2.72. The molecule has 112 valence electrons. The van der Waals surface area contributed by atoms with Gasteiger partial charge in [-0.3, -0.25) is 4.79 Å². The van der Waals surface area contributed by atoms with Crippen LogP contribution in [0.3, 0.4) is 0 Å². The van der Waals surface area contributed by atoms with E-state index in [1.54, 1.807) is 19.1 Å². The number of hydrogen-bond donors (Lipinski definition) is 1. The first-order chi connectivity index (χ1) is 9.28. The Morgan fingerprint density at radius 1 is 1.35 bits per heavy atom. The molecule has 0 atom stereocenters. The van der Waals surface area contributed by atoms with Crippen molar-refractivity contribution >= 4 is 5.91 Å². The maximum Gasteiger partial charge on any atom is 0.411 e. The van der Waals surface area contributed by atoms with Crippen LogP contribution < -0.4 is 5.32 Å². The van der Waals surface area contributed by atoms with Gasteiger partial charge in [-0.25, -0.2) is 4.39 Å². The topological polar surface area (TPSA) is 38.3 Å². The van der Waals surface area contributed by atoms with Gasteiger partial charge in [0.15, 0.2) is 0 Å². The van der Waals surface area contributed by atoms with E-state index in [0.29, 0.717) is 11.1 Å².